The number of benzene rings is 4. The maximum Gasteiger partial charge on any atom is 0.0314 e. The summed E-state index contributed by atoms with van der Waals surface area (Å²) in [5, 5.41) is 0. The van der Waals surface area contributed by atoms with Crippen molar-refractivity contribution in [3.8, 4) is 0 Å². The second-order valence-corrected chi connectivity index (χ2v) is 12.8. The number of nitrogen functional groups attached to an aromatic ring is 2. The Morgan fingerprint density at radius 3 is 1.29 bits per heavy atom. The summed E-state index contributed by atoms with van der Waals surface area (Å²) in [5.74, 6) is 0.883. The van der Waals surface area contributed by atoms with E-state index in [0.717, 1.165) is 43.0 Å². The third-order valence-electron chi connectivity index (χ3n) is 9.80. The Morgan fingerprint density at radius 2 is 0.905 bits per heavy atom. The smallest absolute Gasteiger partial charge is 0.0314 e. The molecule has 1 fully saturated rings. The average molecular weight is 559 g/mol. The molecule has 0 unspecified atom stereocenters. The van der Waals surface area contributed by atoms with E-state index in [1.165, 1.54) is 91.2 Å². The molecule has 42 heavy (non-hydrogen) atoms. The van der Waals surface area contributed by atoms with Gasteiger partial charge in [-0.3, -0.25) is 0 Å². The van der Waals surface area contributed by atoms with E-state index in [9.17, 15) is 0 Å². The number of hydrogen-bond donors (Lipinski definition) is 2. The summed E-state index contributed by atoms with van der Waals surface area (Å²) in [5.41, 5.74) is 22.0. The molecule has 0 spiro atoms. The zero-order valence-electron chi connectivity index (χ0n) is 25.7. The lowest BCUT2D eigenvalue weighted by molar-refractivity contribution is 0.250. The van der Waals surface area contributed by atoms with Gasteiger partial charge in [0, 0.05) is 16.8 Å². The van der Waals surface area contributed by atoms with Crippen molar-refractivity contribution in [1.29, 1.82) is 0 Å². The molecular weight excluding hydrogens is 508 g/mol. The quantitative estimate of drug-likeness (QED) is 0.127. The van der Waals surface area contributed by atoms with Crippen molar-refractivity contribution < 1.29 is 0 Å². The number of unbranched alkanes of at least 4 members (excludes halogenated alkanes) is 3. The lowest BCUT2D eigenvalue weighted by Crippen LogP contribution is -2.33. The van der Waals surface area contributed by atoms with Crippen LogP contribution in [0, 0.1) is 5.92 Å². The fourth-order valence-corrected chi connectivity index (χ4v) is 6.99. The van der Waals surface area contributed by atoms with Crippen LogP contribution in [0.15, 0.2) is 97.1 Å². The molecule has 0 bridgehead atoms. The fraction of sp³-hybridized carbons (Fsp3) is 0.400. The van der Waals surface area contributed by atoms with Gasteiger partial charge in [0.25, 0.3) is 0 Å². The van der Waals surface area contributed by atoms with Gasteiger partial charge >= 0.3 is 0 Å². The summed E-state index contributed by atoms with van der Waals surface area (Å²) in [6.45, 7) is 2.31. The molecule has 1 saturated carbocycles. The maximum atomic E-state index is 5.87. The van der Waals surface area contributed by atoms with Gasteiger partial charge in [-0.05, 0) is 115 Å². The van der Waals surface area contributed by atoms with Crippen LogP contribution in [0.25, 0.3) is 0 Å². The lowest BCUT2D eigenvalue weighted by Gasteiger charge is -2.42. The Labute approximate surface area is 254 Å². The Bertz CT molecular complexity index is 1250. The van der Waals surface area contributed by atoms with E-state index in [1.54, 1.807) is 0 Å². The lowest BCUT2D eigenvalue weighted by atomic mass is 9.62. The summed E-state index contributed by atoms with van der Waals surface area (Å²) in [7, 11) is 0. The molecule has 220 valence electrons. The van der Waals surface area contributed by atoms with Gasteiger partial charge in [0.2, 0.25) is 0 Å². The van der Waals surface area contributed by atoms with Gasteiger partial charge in [0.1, 0.15) is 0 Å². The van der Waals surface area contributed by atoms with Crippen molar-refractivity contribution in [2.24, 2.45) is 5.92 Å². The van der Waals surface area contributed by atoms with Gasteiger partial charge in [0.05, 0.1) is 0 Å². The van der Waals surface area contributed by atoms with E-state index in [1.807, 2.05) is 24.3 Å². The van der Waals surface area contributed by atoms with Crippen LogP contribution < -0.4 is 11.5 Å². The highest BCUT2D eigenvalue weighted by Crippen LogP contribution is 2.47. The van der Waals surface area contributed by atoms with Crippen LogP contribution >= 0.6 is 0 Å². The van der Waals surface area contributed by atoms with Crippen LogP contribution in [0.5, 0.6) is 0 Å². The van der Waals surface area contributed by atoms with Crippen molar-refractivity contribution in [3.63, 3.8) is 0 Å². The first-order valence-electron chi connectivity index (χ1n) is 16.4. The summed E-state index contributed by atoms with van der Waals surface area (Å²) in [6.07, 6.45) is 16.3. The van der Waals surface area contributed by atoms with Crippen LogP contribution in [0.3, 0.4) is 0 Å². The predicted octanol–water partition coefficient (Wildman–Crippen LogP) is 9.87. The van der Waals surface area contributed by atoms with Crippen LogP contribution in [-0.4, -0.2) is 0 Å². The molecule has 0 radical (unpaired) electrons. The third-order valence-corrected chi connectivity index (χ3v) is 9.80. The van der Waals surface area contributed by atoms with Crippen molar-refractivity contribution >= 4 is 11.4 Å². The molecule has 4 aromatic rings. The molecule has 0 aromatic heterocycles. The Balaban J connectivity index is 1.29. The normalized spacial score (nSPS) is 15.1. The van der Waals surface area contributed by atoms with Crippen LogP contribution in [0.2, 0.25) is 0 Å². The van der Waals surface area contributed by atoms with Crippen molar-refractivity contribution in [1.82, 2.24) is 0 Å². The third kappa shape index (κ3) is 7.85. The molecule has 5 rings (SSSR count). The van der Waals surface area contributed by atoms with Crippen LogP contribution in [0.1, 0.15) is 98.1 Å². The largest absolute Gasteiger partial charge is 0.399 e. The Kier molecular flexibility index (Phi) is 10.4. The highest BCUT2D eigenvalue weighted by molar-refractivity contribution is 5.43. The van der Waals surface area contributed by atoms with Gasteiger partial charge in [-0.1, -0.05) is 112 Å². The van der Waals surface area contributed by atoms with Crippen molar-refractivity contribution in [2.45, 2.75) is 95.8 Å². The predicted molar refractivity (Wildman–Crippen MR) is 181 cm³/mol. The molecular formula is C40H50N2. The first kappa shape index (κ1) is 30.0. The monoisotopic (exact) mass is 558 g/mol. The van der Waals surface area contributed by atoms with E-state index >= 15 is 0 Å². The second kappa shape index (κ2) is 14.6. The summed E-state index contributed by atoms with van der Waals surface area (Å²) >= 11 is 0. The van der Waals surface area contributed by atoms with Crippen LogP contribution in [0.4, 0.5) is 11.4 Å². The summed E-state index contributed by atoms with van der Waals surface area (Å²) in [6, 6.07) is 35.9. The number of hydrogen-bond acceptors (Lipinski definition) is 2. The zero-order chi connectivity index (χ0) is 29.2. The average Bonchev–Trinajstić information content (AvgIpc) is 3.03. The maximum absolute atomic E-state index is 5.87. The van der Waals surface area contributed by atoms with E-state index in [4.69, 9.17) is 11.5 Å². The molecule has 0 saturated heterocycles. The second-order valence-electron chi connectivity index (χ2n) is 12.8. The minimum absolute atomic E-state index is 0.116. The van der Waals surface area contributed by atoms with Crippen molar-refractivity contribution in [3.05, 3.63) is 130 Å². The topological polar surface area (TPSA) is 52.0 Å². The van der Waals surface area contributed by atoms with Gasteiger partial charge in [-0.2, -0.15) is 0 Å². The van der Waals surface area contributed by atoms with E-state index < -0.39 is 0 Å². The molecule has 2 nitrogen and oxygen atoms in total. The molecule has 0 amide bonds. The summed E-state index contributed by atoms with van der Waals surface area (Å²) < 4.78 is 0. The van der Waals surface area contributed by atoms with Gasteiger partial charge in [-0.15, -0.1) is 0 Å². The minimum Gasteiger partial charge on any atom is -0.399 e. The SMILES string of the molecule is CCCCCCC1CCC(c2ccc(CCc3ccc(N)cc3)cc2)(c2ccc(CCc3ccc(N)cc3)cc2)CC1. The number of aryl methyl sites for hydroxylation is 4. The Hall–Kier alpha value is -3.52. The van der Waals surface area contributed by atoms with E-state index in [2.05, 4.69) is 79.7 Å². The highest BCUT2D eigenvalue weighted by Gasteiger charge is 2.38. The first-order valence-corrected chi connectivity index (χ1v) is 16.4. The van der Waals surface area contributed by atoms with E-state index in [0.29, 0.717) is 0 Å². The number of rotatable bonds is 13. The van der Waals surface area contributed by atoms with E-state index in [-0.39, 0.29) is 5.41 Å². The van der Waals surface area contributed by atoms with Crippen molar-refractivity contribution in [2.75, 3.05) is 11.5 Å². The van der Waals surface area contributed by atoms with Gasteiger partial charge in [-0.25, -0.2) is 0 Å². The minimum atomic E-state index is 0.116. The van der Waals surface area contributed by atoms with Gasteiger partial charge in [0.15, 0.2) is 0 Å². The molecule has 4 aromatic carbocycles. The molecule has 0 atom stereocenters. The molecule has 0 heterocycles. The van der Waals surface area contributed by atoms with Crippen LogP contribution in [-0.2, 0) is 31.1 Å². The number of nitrogens with two attached hydrogens (primary N) is 2. The molecule has 0 aliphatic heterocycles. The fourth-order valence-electron chi connectivity index (χ4n) is 6.99. The number of anilines is 2. The zero-order valence-corrected chi connectivity index (χ0v) is 25.7. The highest BCUT2D eigenvalue weighted by atomic mass is 14.5. The molecule has 1 aliphatic carbocycles. The summed E-state index contributed by atoms with van der Waals surface area (Å²) in [4.78, 5) is 0. The Morgan fingerprint density at radius 1 is 0.524 bits per heavy atom. The molecule has 2 heteroatoms. The standard InChI is InChI=1S/C40H50N2/c1-2-3-4-5-6-31-27-29-40(30-28-31,36-19-11-32(12-20-36)7-9-34-15-23-38(41)24-16-34)37-21-13-33(14-22-37)8-10-35-17-25-39(42)26-18-35/h11-26,31H,2-10,27-30,41-42H2,1H3. The first-order chi connectivity index (χ1) is 20.5. The van der Waals surface area contributed by atoms with Gasteiger partial charge < -0.3 is 11.5 Å². The molecule has 1 aliphatic rings. The molecule has 4 N–H and O–H groups in total.